The standard InChI is InChI=1S/C15H26BrNO/c1-14(2)12(15(14,3)4)13(18)17-11-8-6-5-7-10(11)9-16/h10-12H,5-9H2,1-4H3,(H,17,18). The van der Waals surface area contributed by atoms with Crippen LogP contribution in [0.5, 0.6) is 0 Å². The number of hydrogen-bond donors (Lipinski definition) is 1. The van der Waals surface area contributed by atoms with Crippen LogP contribution in [0.1, 0.15) is 53.4 Å². The zero-order valence-electron chi connectivity index (χ0n) is 12.1. The average Bonchev–Trinajstić information content (AvgIpc) is 2.70. The summed E-state index contributed by atoms with van der Waals surface area (Å²) in [5, 5.41) is 4.33. The molecule has 0 aliphatic heterocycles. The van der Waals surface area contributed by atoms with Crippen molar-refractivity contribution in [2.45, 2.75) is 59.4 Å². The number of carbonyl (C=O) groups excluding carboxylic acids is 1. The van der Waals surface area contributed by atoms with Crippen molar-refractivity contribution in [3.63, 3.8) is 0 Å². The Balaban J connectivity index is 1.96. The van der Waals surface area contributed by atoms with Crippen LogP contribution >= 0.6 is 15.9 Å². The Labute approximate surface area is 119 Å². The molecule has 2 fully saturated rings. The number of rotatable bonds is 3. The average molecular weight is 316 g/mol. The molecule has 0 heterocycles. The van der Waals surface area contributed by atoms with E-state index in [1.807, 2.05) is 0 Å². The summed E-state index contributed by atoms with van der Waals surface area (Å²) >= 11 is 3.59. The van der Waals surface area contributed by atoms with E-state index in [2.05, 4.69) is 48.9 Å². The molecule has 0 bridgehead atoms. The first kappa shape index (κ1) is 14.4. The molecule has 2 unspecified atom stereocenters. The summed E-state index contributed by atoms with van der Waals surface area (Å²) in [4.78, 5) is 12.4. The third-order valence-corrected chi connectivity index (χ3v) is 6.55. The number of amides is 1. The van der Waals surface area contributed by atoms with Gasteiger partial charge < -0.3 is 5.32 Å². The molecule has 104 valence electrons. The van der Waals surface area contributed by atoms with Gasteiger partial charge in [-0.2, -0.15) is 0 Å². The van der Waals surface area contributed by atoms with Gasteiger partial charge in [0.15, 0.2) is 0 Å². The summed E-state index contributed by atoms with van der Waals surface area (Å²) in [7, 11) is 0. The highest BCUT2D eigenvalue weighted by Gasteiger charge is 2.68. The van der Waals surface area contributed by atoms with Gasteiger partial charge in [-0.25, -0.2) is 0 Å². The molecule has 3 heteroatoms. The minimum atomic E-state index is 0.148. The van der Waals surface area contributed by atoms with Crippen LogP contribution in [0.2, 0.25) is 0 Å². The van der Waals surface area contributed by atoms with Gasteiger partial charge in [-0.15, -0.1) is 0 Å². The molecule has 0 spiro atoms. The third-order valence-electron chi connectivity index (χ3n) is 5.72. The lowest BCUT2D eigenvalue weighted by atomic mass is 9.85. The van der Waals surface area contributed by atoms with E-state index in [0.29, 0.717) is 12.0 Å². The van der Waals surface area contributed by atoms with Crippen LogP contribution in [-0.4, -0.2) is 17.3 Å². The number of halogens is 1. The van der Waals surface area contributed by atoms with E-state index in [4.69, 9.17) is 0 Å². The molecule has 0 aromatic rings. The quantitative estimate of drug-likeness (QED) is 0.790. The van der Waals surface area contributed by atoms with Crippen LogP contribution in [0.25, 0.3) is 0 Å². The maximum Gasteiger partial charge on any atom is 0.224 e. The Morgan fingerprint density at radius 3 is 2.22 bits per heavy atom. The van der Waals surface area contributed by atoms with Crippen molar-refractivity contribution in [1.82, 2.24) is 5.32 Å². The molecule has 18 heavy (non-hydrogen) atoms. The maximum atomic E-state index is 12.4. The van der Waals surface area contributed by atoms with Crippen molar-refractivity contribution < 1.29 is 4.79 Å². The van der Waals surface area contributed by atoms with Crippen molar-refractivity contribution >= 4 is 21.8 Å². The predicted molar refractivity (Wildman–Crippen MR) is 78.7 cm³/mol. The van der Waals surface area contributed by atoms with Crippen LogP contribution in [0, 0.1) is 22.7 Å². The number of nitrogens with one attached hydrogen (secondary N) is 1. The van der Waals surface area contributed by atoms with Crippen LogP contribution in [0.15, 0.2) is 0 Å². The number of carbonyl (C=O) groups is 1. The second kappa shape index (κ2) is 4.81. The molecule has 0 aromatic heterocycles. The summed E-state index contributed by atoms with van der Waals surface area (Å²) < 4.78 is 0. The van der Waals surface area contributed by atoms with Gasteiger partial charge in [0, 0.05) is 17.3 Å². The van der Waals surface area contributed by atoms with Crippen LogP contribution in [-0.2, 0) is 4.79 Å². The van der Waals surface area contributed by atoms with E-state index in [0.717, 1.165) is 11.8 Å². The fourth-order valence-electron chi connectivity index (χ4n) is 3.70. The Morgan fingerprint density at radius 1 is 1.17 bits per heavy atom. The Hall–Kier alpha value is -0.0500. The lowest BCUT2D eigenvalue weighted by Crippen LogP contribution is -2.44. The molecule has 0 aromatic carbocycles. The van der Waals surface area contributed by atoms with Crippen molar-refractivity contribution in [3.05, 3.63) is 0 Å². The molecule has 2 saturated carbocycles. The van der Waals surface area contributed by atoms with Crippen LogP contribution < -0.4 is 5.32 Å². The Kier molecular flexibility index (Phi) is 3.84. The summed E-state index contributed by atoms with van der Waals surface area (Å²) in [5.74, 6) is 1.08. The fraction of sp³-hybridized carbons (Fsp3) is 0.933. The predicted octanol–water partition coefficient (Wildman–Crippen LogP) is 3.74. The van der Waals surface area contributed by atoms with Gasteiger partial charge >= 0.3 is 0 Å². The van der Waals surface area contributed by atoms with Gasteiger partial charge in [0.1, 0.15) is 0 Å². The van der Waals surface area contributed by atoms with E-state index in [-0.39, 0.29) is 22.7 Å². The van der Waals surface area contributed by atoms with E-state index < -0.39 is 0 Å². The monoisotopic (exact) mass is 315 g/mol. The number of alkyl halides is 1. The van der Waals surface area contributed by atoms with Gasteiger partial charge in [-0.05, 0) is 29.6 Å². The third kappa shape index (κ3) is 2.23. The van der Waals surface area contributed by atoms with E-state index in [9.17, 15) is 4.79 Å². The molecule has 1 N–H and O–H groups in total. The van der Waals surface area contributed by atoms with Gasteiger partial charge in [0.2, 0.25) is 5.91 Å². The van der Waals surface area contributed by atoms with Gasteiger partial charge in [-0.1, -0.05) is 56.5 Å². The first-order chi connectivity index (χ1) is 8.32. The normalized spacial score (nSPS) is 34.1. The zero-order chi connectivity index (χ0) is 13.6. The molecule has 0 radical (unpaired) electrons. The van der Waals surface area contributed by atoms with Crippen molar-refractivity contribution in [2.24, 2.45) is 22.7 Å². The maximum absolute atomic E-state index is 12.4. The van der Waals surface area contributed by atoms with E-state index in [1.54, 1.807) is 0 Å². The number of hydrogen-bond acceptors (Lipinski definition) is 1. The second-order valence-electron chi connectivity index (χ2n) is 7.19. The highest BCUT2D eigenvalue weighted by Crippen LogP contribution is 2.68. The largest absolute Gasteiger partial charge is 0.353 e. The molecule has 2 rings (SSSR count). The molecular weight excluding hydrogens is 290 g/mol. The lowest BCUT2D eigenvalue weighted by molar-refractivity contribution is -0.124. The molecule has 2 atom stereocenters. The Morgan fingerprint density at radius 2 is 1.72 bits per heavy atom. The first-order valence-corrected chi connectivity index (χ1v) is 8.31. The molecule has 1 amide bonds. The second-order valence-corrected chi connectivity index (χ2v) is 7.84. The summed E-state index contributed by atoms with van der Waals surface area (Å²) in [6.45, 7) is 8.83. The lowest BCUT2D eigenvalue weighted by Gasteiger charge is -2.31. The van der Waals surface area contributed by atoms with Crippen LogP contribution in [0.4, 0.5) is 0 Å². The van der Waals surface area contributed by atoms with Gasteiger partial charge in [0.25, 0.3) is 0 Å². The van der Waals surface area contributed by atoms with Crippen LogP contribution in [0.3, 0.4) is 0 Å². The smallest absolute Gasteiger partial charge is 0.224 e. The van der Waals surface area contributed by atoms with Gasteiger partial charge in [0.05, 0.1) is 0 Å². The minimum Gasteiger partial charge on any atom is -0.353 e. The molecule has 2 nitrogen and oxygen atoms in total. The molecular formula is C15H26BrNO. The summed E-state index contributed by atoms with van der Waals surface area (Å²) in [6.07, 6.45) is 4.96. The van der Waals surface area contributed by atoms with E-state index >= 15 is 0 Å². The summed E-state index contributed by atoms with van der Waals surface area (Å²) in [6, 6.07) is 0.387. The molecule has 0 saturated heterocycles. The fourth-order valence-corrected chi connectivity index (χ4v) is 4.48. The Bertz CT molecular complexity index is 323. The first-order valence-electron chi connectivity index (χ1n) is 7.18. The molecule has 2 aliphatic rings. The van der Waals surface area contributed by atoms with E-state index in [1.165, 1.54) is 19.3 Å². The highest BCUT2D eigenvalue weighted by molar-refractivity contribution is 9.09. The minimum absolute atomic E-state index is 0.148. The summed E-state index contributed by atoms with van der Waals surface area (Å²) in [5.41, 5.74) is 0.297. The van der Waals surface area contributed by atoms with Crippen molar-refractivity contribution in [3.8, 4) is 0 Å². The van der Waals surface area contributed by atoms with Gasteiger partial charge in [-0.3, -0.25) is 4.79 Å². The topological polar surface area (TPSA) is 29.1 Å². The zero-order valence-corrected chi connectivity index (χ0v) is 13.6. The molecule has 2 aliphatic carbocycles. The highest BCUT2D eigenvalue weighted by atomic mass is 79.9. The van der Waals surface area contributed by atoms with Crippen molar-refractivity contribution in [2.75, 3.05) is 5.33 Å². The SMILES string of the molecule is CC1(C)C(C(=O)NC2CCCCC2CBr)C1(C)C. The van der Waals surface area contributed by atoms with Crippen molar-refractivity contribution in [1.29, 1.82) is 0 Å².